The van der Waals surface area contributed by atoms with E-state index in [0.29, 0.717) is 11.3 Å². The van der Waals surface area contributed by atoms with Crippen molar-refractivity contribution in [1.29, 1.82) is 0 Å². The first-order valence-corrected chi connectivity index (χ1v) is 9.50. The molecule has 2 aromatic heterocycles. The first-order chi connectivity index (χ1) is 13.2. The van der Waals surface area contributed by atoms with Crippen molar-refractivity contribution in [2.45, 2.75) is 17.8 Å². The van der Waals surface area contributed by atoms with E-state index in [0.717, 1.165) is 27.8 Å². The van der Waals surface area contributed by atoms with Crippen molar-refractivity contribution in [2.24, 2.45) is 0 Å². The normalized spacial score (nSPS) is 10.9. The number of thioether (sulfide) groups is 1. The molecule has 0 amide bonds. The highest BCUT2D eigenvalue weighted by atomic mass is 32.2. The van der Waals surface area contributed by atoms with E-state index in [1.54, 1.807) is 24.5 Å². The average Bonchev–Trinajstić information content (AvgIpc) is 3.12. The van der Waals surface area contributed by atoms with Gasteiger partial charge >= 0.3 is 0 Å². The van der Waals surface area contributed by atoms with Gasteiger partial charge in [0.25, 0.3) is 0 Å². The van der Waals surface area contributed by atoms with Crippen LogP contribution in [-0.2, 0) is 5.75 Å². The summed E-state index contributed by atoms with van der Waals surface area (Å²) in [5, 5.41) is 9.52. The highest BCUT2D eigenvalue weighted by Gasteiger charge is 2.17. The van der Waals surface area contributed by atoms with Crippen molar-refractivity contribution >= 4 is 11.8 Å². The SMILES string of the molecule is Cc1ccccc1-n1c(SCc2ccccc2F)nnc1-c1ccncc1. The molecule has 0 spiro atoms. The quantitative estimate of drug-likeness (QED) is 0.456. The van der Waals surface area contributed by atoms with Gasteiger partial charge in [0.2, 0.25) is 0 Å². The Bertz CT molecular complexity index is 1060. The lowest BCUT2D eigenvalue weighted by Gasteiger charge is -2.13. The number of rotatable bonds is 5. The molecule has 4 rings (SSSR count). The molecule has 6 heteroatoms. The molecule has 2 heterocycles. The number of hydrogen-bond donors (Lipinski definition) is 0. The van der Waals surface area contributed by atoms with Crippen molar-refractivity contribution in [1.82, 2.24) is 19.7 Å². The maximum Gasteiger partial charge on any atom is 0.196 e. The van der Waals surface area contributed by atoms with E-state index < -0.39 is 0 Å². The van der Waals surface area contributed by atoms with Crippen molar-refractivity contribution in [3.8, 4) is 17.1 Å². The van der Waals surface area contributed by atoms with Gasteiger partial charge in [0.1, 0.15) is 5.82 Å². The first-order valence-electron chi connectivity index (χ1n) is 8.52. The Labute approximate surface area is 161 Å². The zero-order valence-corrected chi connectivity index (χ0v) is 15.5. The van der Waals surface area contributed by atoms with Gasteiger partial charge in [0.15, 0.2) is 11.0 Å². The molecule has 0 aliphatic heterocycles. The minimum absolute atomic E-state index is 0.207. The molecule has 0 atom stereocenters. The third-order valence-corrected chi connectivity index (χ3v) is 5.22. The van der Waals surface area contributed by atoms with Crippen LogP contribution in [-0.4, -0.2) is 19.7 Å². The highest BCUT2D eigenvalue weighted by Crippen LogP contribution is 2.31. The summed E-state index contributed by atoms with van der Waals surface area (Å²) in [6.07, 6.45) is 3.47. The number of pyridine rings is 1. The van der Waals surface area contributed by atoms with Gasteiger partial charge in [-0.25, -0.2) is 4.39 Å². The van der Waals surface area contributed by atoms with Gasteiger partial charge in [0, 0.05) is 23.7 Å². The van der Waals surface area contributed by atoms with Crippen LogP contribution in [0.5, 0.6) is 0 Å². The summed E-state index contributed by atoms with van der Waals surface area (Å²) in [6, 6.07) is 18.7. The summed E-state index contributed by atoms with van der Waals surface area (Å²) in [4.78, 5) is 4.08. The van der Waals surface area contributed by atoms with Crippen LogP contribution in [0, 0.1) is 12.7 Å². The Balaban J connectivity index is 1.77. The predicted octanol–water partition coefficient (Wildman–Crippen LogP) is 5.07. The third kappa shape index (κ3) is 3.61. The molecular weight excluding hydrogens is 359 g/mol. The molecule has 2 aromatic carbocycles. The number of halogens is 1. The molecule has 0 aliphatic carbocycles. The molecule has 27 heavy (non-hydrogen) atoms. The Kier molecular flexibility index (Phi) is 4.98. The van der Waals surface area contributed by atoms with Gasteiger partial charge in [-0.05, 0) is 42.3 Å². The molecule has 134 valence electrons. The van der Waals surface area contributed by atoms with Crippen LogP contribution in [0.4, 0.5) is 4.39 Å². The second kappa shape index (κ2) is 7.72. The molecule has 0 bridgehead atoms. The fourth-order valence-corrected chi connectivity index (χ4v) is 3.77. The standard InChI is InChI=1S/C21H17FN4S/c1-15-6-2-5-9-19(15)26-20(16-10-12-23-13-11-16)24-25-21(26)27-14-17-7-3-4-8-18(17)22/h2-13H,14H2,1H3. The fraction of sp³-hybridized carbons (Fsp3) is 0.0952. The smallest absolute Gasteiger partial charge is 0.196 e. The molecule has 0 saturated heterocycles. The number of para-hydroxylation sites is 1. The van der Waals surface area contributed by atoms with Crippen LogP contribution in [0.2, 0.25) is 0 Å². The van der Waals surface area contributed by atoms with E-state index in [2.05, 4.69) is 28.2 Å². The third-order valence-electron chi connectivity index (χ3n) is 4.24. The van der Waals surface area contributed by atoms with Crippen molar-refractivity contribution < 1.29 is 4.39 Å². The maximum absolute atomic E-state index is 14.0. The summed E-state index contributed by atoms with van der Waals surface area (Å²) >= 11 is 1.47. The van der Waals surface area contributed by atoms with Gasteiger partial charge in [-0.15, -0.1) is 10.2 Å². The van der Waals surface area contributed by atoms with Gasteiger partial charge < -0.3 is 0 Å². The van der Waals surface area contributed by atoms with E-state index in [-0.39, 0.29) is 5.82 Å². The largest absolute Gasteiger partial charge is 0.270 e. The van der Waals surface area contributed by atoms with Crippen LogP contribution < -0.4 is 0 Å². The number of benzene rings is 2. The molecule has 0 aliphatic rings. The van der Waals surface area contributed by atoms with Gasteiger partial charge in [-0.2, -0.15) is 0 Å². The van der Waals surface area contributed by atoms with Crippen LogP contribution >= 0.6 is 11.8 Å². The summed E-state index contributed by atoms with van der Waals surface area (Å²) in [6.45, 7) is 2.05. The number of aromatic nitrogens is 4. The highest BCUT2D eigenvalue weighted by molar-refractivity contribution is 7.98. The van der Waals surface area contributed by atoms with Crippen molar-refractivity contribution in [3.05, 3.63) is 90.0 Å². The molecule has 0 unspecified atom stereocenters. The summed E-state index contributed by atoms with van der Waals surface area (Å²) in [7, 11) is 0. The molecule has 0 N–H and O–H groups in total. The molecule has 4 nitrogen and oxygen atoms in total. The second-order valence-corrected chi connectivity index (χ2v) is 6.99. The lowest BCUT2D eigenvalue weighted by molar-refractivity contribution is 0.617. The minimum atomic E-state index is -0.207. The maximum atomic E-state index is 14.0. The lowest BCUT2D eigenvalue weighted by Crippen LogP contribution is -2.02. The summed E-state index contributed by atoms with van der Waals surface area (Å²) in [5.74, 6) is 1.01. The van der Waals surface area contributed by atoms with E-state index in [1.807, 2.05) is 41.0 Å². The molecule has 4 aromatic rings. The van der Waals surface area contributed by atoms with E-state index in [9.17, 15) is 4.39 Å². The predicted molar refractivity (Wildman–Crippen MR) is 105 cm³/mol. The van der Waals surface area contributed by atoms with Gasteiger partial charge in [0.05, 0.1) is 5.69 Å². The van der Waals surface area contributed by atoms with Crippen LogP contribution in [0.3, 0.4) is 0 Å². The molecular formula is C21H17FN4S. The second-order valence-electron chi connectivity index (χ2n) is 6.04. The molecule has 0 fully saturated rings. The van der Waals surface area contributed by atoms with Crippen molar-refractivity contribution in [2.75, 3.05) is 0 Å². The van der Waals surface area contributed by atoms with E-state index in [1.165, 1.54) is 17.8 Å². The minimum Gasteiger partial charge on any atom is -0.270 e. The number of hydrogen-bond acceptors (Lipinski definition) is 4. The number of aryl methyl sites for hydroxylation is 1. The monoisotopic (exact) mass is 376 g/mol. The lowest BCUT2D eigenvalue weighted by atomic mass is 10.2. The van der Waals surface area contributed by atoms with Crippen LogP contribution in [0.25, 0.3) is 17.1 Å². The van der Waals surface area contributed by atoms with Crippen molar-refractivity contribution in [3.63, 3.8) is 0 Å². The van der Waals surface area contributed by atoms with Crippen LogP contribution in [0.15, 0.2) is 78.2 Å². The molecule has 0 radical (unpaired) electrons. The Hall–Kier alpha value is -2.99. The van der Waals surface area contributed by atoms with E-state index >= 15 is 0 Å². The Morgan fingerprint density at radius 3 is 2.44 bits per heavy atom. The van der Waals surface area contributed by atoms with Gasteiger partial charge in [-0.3, -0.25) is 9.55 Å². The average molecular weight is 376 g/mol. The first kappa shape index (κ1) is 17.4. The number of nitrogens with zero attached hydrogens (tertiary/aromatic N) is 4. The van der Waals surface area contributed by atoms with Crippen LogP contribution in [0.1, 0.15) is 11.1 Å². The zero-order chi connectivity index (χ0) is 18.6. The summed E-state index contributed by atoms with van der Waals surface area (Å²) in [5.41, 5.74) is 3.69. The summed E-state index contributed by atoms with van der Waals surface area (Å²) < 4.78 is 16.0. The Morgan fingerprint density at radius 2 is 1.67 bits per heavy atom. The topological polar surface area (TPSA) is 43.6 Å². The fourth-order valence-electron chi connectivity index (χ4n) is 2.84. The Morgan fingerprint density at radius 1 is 0.926 bits per heavy atom. The zero-order valence-electron chi connectivity index (χ0n) is 14.7. The molecule has 0 saturated carbocycles. The van der Waals surface area contributed by atoms with Gasteiger partial charge in [-0.1, -0.05) is 48.2 Å². The van der Waals surface area contributed by atoms with E-state index in [4.69, 9.17) is 0 Å².